The molecule has 0 bridgehead atoms. The van der Waals surface area contributed by atoms with Crippen LogP contribution in [0.15, 0.2) is 30.3 Å². The molecule has 5 aromatic rings. The molecule has 2 unspecified atom stereocenters. The number of nitrogens with one attached hydrogen (secondary N) is 4. The number of Topliss-reactive ketones (excluding diaryl/α,β-unsaturated/α-hetero) is 2. The number of rotatable bonds is 13. The summed E-state index contributed by atoms with van der Waals surface area (Å²) in [7, 11) is 0. The Hall–Kier alpha value is -4.32. The third-order valence-electron chi connectivity index (χ3n) is 10.8. The highest BCUT2D eigenvalue weighted by atomic mass is 16.1. The first kappa shape index (κ1) is 35.0. The molecular weight excluding hydrogens is 592 g/mol. The Morgan fingerprint density at radius 1 is 0.625 bits per heavy atom. The molecule has 4 N–H and O–H groups in total. The lowest BCUT2D eigenvalue weighted by Gasteiger charge is -2.19. The van der Waals surface area contributed by atoms with E-state index in [9.17, 15) is 9.59 Å². The average molecular weight is 647 g/mol. The fourth-order valence-electron chi connectivity index (χ4n) is 8.53. The van der Waals surface area contributed by atoms with E-state index in [1.807, 2.05) is 26.8 Å². The number of carbonyl (C=O) groups is 2. The van der Waals surface area contributed by atoms with Crippen LogP contribution in [0.1, 0.15) is 157 Å². The molecule has 0 amide bonds. The normalized spacial score (nSPS) is 12.9. The van der Waals surface area contributed by atoms with Crippen molar-refractivity contribution in [1.29, 1.82) is 0 Å². The standard InChI is InChI=1S/C42H54N4O2/c1-12-32-22(3)39(43-26(32)7)33(13-2)40-25(6)37(29(10)45-40)35(48)21-17-20-34-23(4)41(44-27(34)8)38(31-18-15-14-16-19-31)42-24(5)36(30(11)47)28(9)46-42/h14-16,18-19,33,38,43-46H,12-13,17,20-21H2,1-11H3. The molecule has 2 atom stereocenters. The molecule has 0 radical (unpaired) electrons. The van der Waals surface area contributed by atoms with Crippen LogP contribution in [0.2, 0.25) is 0 Å². The van der Waals surface area contributed by atoms with Gasteiger partial charge in [-0.25, -0.2) is 0 Å². The van der Waals surface area contributed by atoms with Crippen LogP contribution in [0.25, 0.3) is 0 Å². The van der Waals surface area contributed by atoms with Gasteiger partial charge in [-0.1, -0.05) is 44.2 Å². The zero-order valence-corrected chi connectivity index (χ0v) is 30.9. The highest BCUT2D eigenvalue weighted by molar-refractivity contribution is 5.99. The van der Waals surface area contributed by atoms with E-state index in [1.165, 1.54) is 39.2 Å². The van der Waals surface area contributed by atoms with Crippen LogP contribution in [-0.2, 0) is 12.8 Å². The van der Waals surface area contributed by atoms with Crippen LogP contribution < -0.4 is 0 Å². The summed E-state index contributed by atoms with van der Waals surface area (Å²) < 4.78 is 0. The minimum atomic E-state index is -0.0670. The Balaban J connectivity index is 1.39. The van der Waals surface area contributed by atoms with Gasteiger partial charge in [0.2, 0.25) is 0 Å². The molecule has 6 heteroatoms. The molecule has 4 aromatic heterocycles. The van der Waals surface area contributed by atoms with E-state index in [-0.39, 0.29) is 23.4 Å². The number of ketones is 2. The van der Waals surface area contributed by atoms with E-state index in [0.717, 1.165) is 82.1 Å². The molecule has 254 valence electrons. The third kappa shape index (κ3) is 6.18. The molecular formula is C42H54N4O2. The van der Waals surface area contributed by atoms with Gasteiger partial charge in [-0.05, 0) is 127 Å². The fraction of sp³-hybridized carbons (Fsp3) is 0.429. The lowest BCUT2D eigenvalue weighted by molar-refractivity contribution is 0.0977. The monoisotopic (exact) mass is 646 g/mol. The van der Waals surface area contributed by atoms with E-state index >= 15 is 0 Å². The lowest BCUT2D eigenvalue weighted by atomic mass is 9.87. The van der Waals surface area contributed by atoms with Crippen molar-refractivity contribution in [3.05, 3.63) is 126 Å². The number of hydrogen-bond donors (Lipinski definition) is 4. The van der Waals surface area contributed by atoms with Gasteiger partial charge in [0.25, 0.3) is 0 Å². The Kier molecular flexibility index (Phi) is 10.2. The van der Waals surface area contributed by atoms with Crippen molar-refractivity contribution in [3.8, 4) is 0 Å². The molecule has 0 aliphatic carbocycles. The van der Waals surface area contributed by atoms with Gasteiger partial charge in [0.1, 0.15) is 0 Å². The van der Waals surface area contributed by atoms with E-state index in [0.29, 0.717) is 6.42 Å². The smallest absolute Gasteiger partial charge is 0.164 e. The van der Waals surface area contributed by atoms with Crippen molar-refractivity contribution in [3.63, 3.8) is 0 Å². The van der Waals surface area contributed by atoms with Gasteiger partial charge in [-0.3, -0.25) is 9.59 Å². The molecule has 4 heterocycles. The van der Waals surface area contributed by atoms with Gasteiger partial charge in [-0.15, -0.1) is 0 Å². The van der Waals surface area contributed by atoms with Crippen LogP contribution in [0.3, 0.4) is 0 Å². The number of aromatic nitrogens is 4. The summed E-state index contributed by atoms with van der Waals surface area (Å²) in [6.07, 6.45) is 4.05. The SMILES string of the molecule is CCc1c(C)[nH]c(C(CC)c2[nH]c(C)c(C(=O)CCCc3c(C)[nH]c(C(c4ccccc4)c4[nH]c(C)c(C(C)=O)c4C)c3C)c2C)c1C. The van der Waals surface area contributed by atoms with Crippen LogP contribution in [0.5, 0.6) is 0 Å². The highest BCUT2D eigenvalue weighted by Gasteiger charge is 2.29. The maximum atomic E-state index is 13.8. The highest BCUT2D eigenvalue weighted by Crippen LogP contribution is 2.39. The number of carbonyl (C=O) groups excluding carboxylic acids is 2. The predicted octanol–water partition coefficient (Wildman–Crippen LogP) is 10.2. The van der Waals surface area contributed by atoms with Gasteiger partial charge in [0.05, 0.1) is 5.92 Å². The predicted molar refractivity (Wildman–Crippen MR) is 197 cm³/mol. The topological polar surface area (TPSA) is 97.3 Å². The van der Waals surface area contributed by atoms with E-state index in [4.69, 9.17) is 0 Å². The molecule has 0 aliphatic rings. The second kappa shape index (κ2) is 14.0. The molecule has 0 spiro atoms. The van der Waals surface area contributed by atoms with Crippen LogP contribution in [0, 0.1) is 55.4 Å². The average Bonchev–Trinajstić information content (AvgIpc) is 3.70. The van der Waals surface area contributed by atoms with Crippen molar-refractivity contribution >= 4 is 11.6 Å². The Morgan fingerprint density at radius 3 is 1.71 bits per heavy atom. The molecule has 1 aromatic carbocycles. The first-order valence-corrected chi connectivity index (χ1v) is 17.6. The summed E-state index contributed by atoms with van der Waals surface area (Å²) in [5.41, 5.74) is 18.9. The summed E-state index contributed by atoms with van der Waals surface area (Å²) in [5, 5.41) is 0. The van der Waals surface area contributed by atoms with Crippen LogP contribution >= 0.6 is 0 Å². The van der Waals surface area contributed by atoms with Gasteiger partial charge < -0.3 is 19.9 Å². The van der Waals surface area contributed by atoms with E-state index < -0.39 is 0 Å². The van der Waals surface area contributed by atoms with Crippen molar-refractivity contribution in [1.82, 2.24) is 19.9 Å². The molecule has 0 fully saturated rings. The van der Waals surface area contributed by atoms with Crippen LogP contribution in [-0.4, -0.2) is 31.5 Å². The second-order valence-corrected chi connectivity index (χ2v) is 13.9. The van der Waals surface area contributed by atoms with Crippen molar-refractivity contribution in [2.45, 2.75) is 120 Å². The van der Waals surface area contributed by atoms with Gasteiger partial charge in [0.15, 0.2) is 11.6 Å². The van der Waals surface area contributed by atoms with Crippen molar-refractivity contribution in [2.75, 3.05) is 0 Å². The molecule has 6 nitrogen and oxygen atoms in total. The number of H-pyrrole nitrogens is 4. The molecule has 5 rings (SSSR count). The minimum absolute atomic E-state index is 0.0670. The minimum Gasteiger partial charge on any atom is -0.361 e. The van der Waals surface area contributed by atoms with Gasteiger partial charge >= 0.3 is 0 Å². The summed E-state index contributed by atoms with van der Waals surface area (Å²) in [6, 6.07) is 10.5. The van der Waals surface area contributed by atoms with E-state index in [2.05, 4.69) is 92.7 Å². The van der Waals surface area contributed by atoms with Crippen molar-refractivity contribution in [2.24, 2.45) is 0 Å². The van der Waals surface area contributed by atoms with Crippen LogP contribution in [0.4, 0.5) is 0 Å². The zero-order chi connectivity index (χ0) is 35.0. The number of aryl methyl sites for hydroxylation is 4. The first-order chi connectivity index (χ1) is 22.8. The number of hydrogen-bond acceptors (Lipinski definition) is 2. The molecule has 0 aliphatic heterocycles. The van der Waals surface area contributed by atoms with E-state index in [1.54, 1.807) is 6.92 Å². The molecule has 0 saturated heterocycles. The molecule has 48 heavy (non-hydrogen) atoms. The summed E-state index contributed by atoms with van der Waals surface area (Å²) >= 11 is 0. The second-order valence-electron chi connectivity index (χ2n) is 13.9. The fourth-order valence-corrected chi connectivity index (χ4v) is 8.53. The van der Waals surface area contributed by atoms with Gasteiger partial charge in [-0.2, -0.15) is 0 Å². The zero-order valence-electron chi connectivity index (χ0n) is 30.9. The first-order valence-electron chi connectivity index (χ1n) is 17.6. The lowest BCUT2D eigenvalue weighted by Crippen LogP contribution is -2.08. The third-order valence-corrected chi connectivity index (χ3v) is 10.8. The number of benzene rings is 1. The largest absolute Gasteiger partial charge is 0.361 e. The molecule has 0 saturated carbocycles. The Labute approximate surface area is 286 Å². The summed E-state index contributed by atoms with van der Waals surface area (Å²) in [4.78, 5) is 41.0. The maximum Gasteiger partial charge on any atom is 0.164 e. The maximum absolute atomic E-state index is 13.8. The summed E-state index contributed by atoms with van der Waals surface area (Å²) in [6.45, 7) is 23.0. The Bertz CT molecular complexity index is 1960. The van der Waals surface area contributed by atoms with Crippen molar-refractivity contribution < 1.29 is 9.59 Å². The van der Waals surface area contributed by atoms with Gasteiger partial charge in [0, 0.05) is 69.0 Å². The summed E-state index contributed by atoms with van der Waals surface area (Å²) in [5.74, 6) is 0.416. The number of aromatic amines is 4. The Morgan fingerprint density at radius 2 is 1.12 bits per heavy atom. The quantitative estimate of drug-likeness (QED) is 0.0958.